The molecule has 0 aromatic carbocycles. The van der Waals surface area contributed by atoms with Crippen molar-refractivity contribution in [2.24, 2.45) is 16.7 Å². The Morgan fingerprint density at radius 3 is 2.00 bits per heavy atom. The monoisotopic (exact) mass is 186 g/mol. The molecule has 0 aromatic rings. The Hall–Kier alpha value is -0.570. The summed E-state index contributed by atoms with van der Waals surface area (Å²) in [4.78, 5) is 10.9. The molecular formula is C10H22N2O. The van der Waals surface area contributed by atoms with Gasteiger partial charge < -0.3 is 0 Å². The van der Waals surface area contributed by atoms with Gasteiger partial charge in [0.05, 0.1) is 0 Å². The van der Waals surface area contributed by atoms with Gasteiger partial charge >= 0.3 is 0 Å². The summed E-state index contributed by atoms with van der Waals surface area (Å²) in [5.74, 6) is 4.93. The van der Waals surface area contributed by atoms with Crippen molar-refractivity contribution in [1.29, 1.82) is 0 Å². The lowest BCUT2D eigenvalue weighted by Crippen LogP contribution is -2.34. The Morgan fingerprint density at radius 2 is 1.69 bits per heavy atom. The van der Waals surface area contributed by atoms with Crippen LogP contribution in [0.2, 0.25) is 0 Å². The Morgan fingerprint density at radius 1 is 1.23 bits per heavy atom. The van der Waals surface area contributed by atoms with E-state index in [2.05, 4.69) is 40.0 Å². The maximum atomic E-state index is 10.9. The lowest BCUT2D eigenvalue weighted by atomic mass is 9.67. The molecule has 0 heterocycles. The standard InChI is InChI=1S/C10H22N2O/c1-9(2,3)10(4,5)7-6-8(13)12-11/h6-7,11H2,1-5H3,(H,12,13). The molecule has 0 fully saturated rings. The third-order valence-corrected chi connectivity index (χ3v) is 3.17. The predicted molar refractivity (Wildman–Crippen MR) is 54.8 cm³/mol. The van der Waals surface area contributed by atoms with Crippen molar-refractivity contribution in [1.82, 2.24) is 5.43 Å². The second-order valence-corrected chi connectivity index (χ2v) is 5.20. The van der Waals surface area contributed by atoms with Gasteiger partial charge in [-0.1, -0.05) is 34.6 Å². The minimum Gasteiger partial charge on any atom is -0.294 e. The lowest BCUT2D eigenvalue weighted by Gasteiger charge is -2.38. The zero-order valence-electron chi connectivity index (χ0n) is 9.40. The number of rotatable bonds is 3. The molecule has 3 heteroatoms. The molecule has 0 radical (unpaired) electrons. The zero-order chi connectivity index (χ0) is 10.7. The number of hydrogen-bond acceptors (Lipinski definition) is 2. The second kappa shape index (κ2) is 4.09. The van der Waals surface area contributed by atoms with Crippen LogP contribution < -0.4 is 11.3 Å². The number of hydrogen-bond donors (Lipinski definition) is 2. The van der Waals surface area contributed by atoms with Crippen LogP contribution in [0.3, 0.4) is 0 Å². The van der Waals surface area contributed by atoms with E-state index >= 15 is 0 Å². The molecule has 0 unspecified atom stereocenters. The fourth-order valence-electron chi connectivity index (χ4n) is 0.873. The van der Waals surface area contributed by atoms with Gasteiger partial charge in [-0.15, -0.1) is 0 Å². The molecule has 0 rings (SSSR count). The highest BCUT2D eigenvalue weighted by atomic mass is 16.2. The van der Waals surface area contributed by atoms with Crippen LogP contribution >= 0.6 is 0 Å². The predicted octanol–water partition coefficient (Wildman–Crippen LogP) is 1.83. The molecule has 1 amide bonds. The van der Waals surface area contributed by atoms with E-state index in [0.29, 0.717) is 6.42 Å². The smallest absolute Gasteiger partial charge is 0.233 e. The number of amides is 1. The van der Waals surface area contributed by atoms with Crippen LogP contribution in [-0.4, -0.2) is 5.91 Å². The Kier molecular flexibility index (Phi) is 3.91. The maximum absolute atomic E-state index is 10.9. The molecule has 3 nitrogen and oxygen atoms in total. The number of carbonyl (C=O) groups is 1. The minimum absolute atomic E-state index is 0.0858. The summed E-state index contributed by atoms with van der Waals surface area (Å²) in [5, 5.41) is 0. The van der Waals surface area contributed by atoms with Gasteiger partial charge in [-0.25, -0.2) is 5.84 Å². The van der Waals surface area contributed by atoms with E-state index in [4.69, 9.17) is 5.84 Å². The SMILES string of the molecule is CC(C)(C)C(C)(C)CCC(=O)NN. The summed E-state index contributed by atoms with van der Waals surface area (Å²) in [6.45, 7) is 10.9. The molecule has 0 bridgehead atoms. The molecule has 0 spiro atoms. The topological polar surface area (TPSA) is 55.1 Å². The fourth-order valence-corrected chi connectivity index (χ4v) is 0.873. The molecule has 0 saturated carbocycles. The fraction of sp³-hybridized carbons (Fsp3) is 0.900. The molecule has 0 aliphatic rings. The first-order valence-corrected chi connectivity index (χ1v) is 4.70. The summed E-state index contributed by atoms with van der Waals surface area (Å²) in [6.07, 6.45) is 1.36. The van der Waals surface area contributed by atoms with Crippen LogP contribution in [0.1, 0.15) is 47.5 Å². The van der Waals surface area contributed by atoms with Gasteiger partial charge in [0.15, 0.2) is 0 Å². The molecule has 0 atom stereocenters. The molecule has 3 N–H and O–H groups in total. The van der Waals surface area contributed by atoms with Crippen LogP contribution in [0.5, 0.6) is 0 Å². The molecule has 0 saturated heterocycles. The normalized spacial score (nSPS) is 12.8. The summed E-state index contributed by atoms with van der Waals surface area (Å²) in [6, 6.07) is 0. The quantitative estimate of drug-likeness (QED) is 0.401. The number of nitrogens with two attached hydrogens (primary N) is 1. The molecule has 78 valence electrons. The zero-order valence-corrected chi connectivity index (χ0v) is 9.40. The third-order valence-electron chi connectivity index (χ3n) is 3.17. The maximum Gasteiger partial charge on any atom is 0.233 e. The first-order valence-electron chi connectivity index (χ1n) is 4.70. The number of hydrazine groups is 1. The summed E-state index contributed by atoms with van der Waals surface area (Å²) < 4.78 is 0. The van der Waals surface area contributed by atoms with E-state index in [9.17, 15) is 4.79 Å². The van der Waals surface area contributed by atoms with Gasteiger partial charge in [0.2, 0.25) is 5.91 Å². The Labute approximate surface area is 81.0 Å². The van der Waals surface area contributed by atoms with Crippen molar-refractivity contribution < 1.29 is 4.79 Å². The largest absolute Gasteiger partial charge is 0.294 e. The van der Waals surface area contributed by atoms with E-state index in [1.54, 1.807) is 0 Å². The third kappa shape index (κ3) is 3.77. The van der Waals surface area contributed by atoms with Gasteiger partial charge in [-0.05, 0) is 17.3 Å². The van der Waals surface area contributed by atoms with Crippen LogP contribution in [0.15, 0.2) is 0 Å². The van der Waals surface area contributed by atoms with Crippen molar-refractivity contribution in [3.63, 3.8) is 0 Å². The Bertz CT molecular complexity index is 180. The van der Waals surface area contributed by atoms with Crippen molar-refractivity contribution in [3.05, 3.63) is 0 Å². The van der Waals surface area contributed by atoms with E-state index < -0.39 is 0 Å². The molecular weight excluding hydrogens is 164 g/mol. The summed E-state index contributed by atoms with van der Waals surface area (Å²) >= 11 is 0. The van der Waals surface area contributed by atoms with E-state index in [1.165, 1.54) is 0 Å². The van der Waals surface area contributed by atoms with Crippen molar-refractivity contribution in [2.75, 3.05) is 0 Å². The molecule has 0 aliphatic heterocycles. The second-order valence-electron chi connectivity index (χ2n) is 5.20. The van der Waals surface area contributed by atoms with Crippen LogP contribution in [0, 0.1) is 10.8 Å². The average Bonchev–Trinajstić information content (AvgIpc) is 1.98. The van der Waals surface area contributed by atoms with E-state index in [0.717, 1.165) is 6.42 Å². The van der Waals surface area contributed by atoms with Crippen molar-refractivity contribution in [3.8, 4) is 0 Å². The van der Waals surface area contributed by atoms with Gasteiger partial charge in [-0.3, -0.25) is 10.2 Å². The first-order chi connectivity index (χ1) is 5.70. The van der Waals surface area contributed by atoms with Crippen LogP contribution in [-0.2, 0) is 4.79 Å². The highest BCUT2D eigenvalue weighted by Gasteiger charge is 2.32. The molecule has 0 aromatic heterocycles. The lowest BCUT2D eigenvalue weighted by molar-refractivity contribution is -0.122. The minimum atomic E-state index is -0.0858. The van der Waals surface area contributed by atoms with E-state index in [1.807, 2.05) is 0 Å². The van der Waals surface area contributed by atoms with Crippen LogP contribution in [0.4, 0.5) is 0 Å². The van der Waals surface area contributed by atoms with Gasteiger partial charge in [0.1, 0.15) is 0 Å². The van der Waals surface area contributed by atoms with E-state index in [-0.39, 0.29) is 16.7 Å². The average molecular weight is 186 g/mol. The van der Waals surface area contributed by atoms with Gasteiger partial charge in [-0.2, -0.15) is 0 Å². The van der Waals surface area contributed by atoms with Crippen molar-refractivity contribution in [2.45, 2.75) is 47.5 Å². The summed E-state index contributed by atoms with van der Waals surface area (Å²) in [5.41, 5.74) is 2.51. The van der Waals surface area contributed by atoms with Crippen molar-refractivity contribution >= 4 is 5.91 Å². The molecule has 13 heavy (non-hydrogen) atoms. The first kappa shape index (κ1) is 12.4. The Balaban J connectivity index is 4.12. The number of carbonyl (C=O) groups excluding carboxylic acids is 1. The van der Waals surface area contributed by atoms with Gasteiger partial charge in [0, 0.05) is 6.42 Å². The highest BCUT2D eigenvalue weighted by molar-refractivity contribution is 5.75. The highest BCUT2D eigenvalue weighted by Crippen LogP contribution is 2.41. The number of nitrogens with one attached hydrogen (secondary N) is 1. The molecule has 0 aliphatic carbocycles. The van der Waals surface area contributed by atoms with Crippen LogP contribution in [0.25, 0.3) is 0 Å². The summed E-state index contributed by atoms with van der Waals surface area (Å²) in [7, 11) is 0. The van der Waals surface area contributed by atoms with Gasteiger partial charge in [0.25, 0.3) is 0 Å².